The summed E-state index contributed by atoms with van der Waals surface area (Å²) in [4.78, 5) is 31.1. The zero-order chi connectivity index (χ0) is 18.1. The van der Waals surface area contributed by atoms with Gasteiger partial charge in [0.1, 0.15) is 11.4 Å². The molecule has 9 heteroatoms. The van der Waals surface area contributed by atoms with Crippen LogP contribution in [0.5, 0.6) is 0 Å². The Morgan fingerprint density at radius 1 is 1.27 bits per heavy atom. The first-order chi connectivity index (χ1) is 12.6. The third kappa shape index (κ3) is 3.14. The van der Waals surface area contributed by atoms with Gasteiger partial charge in [0.2, 0.25) is 17.0 Å². The van der Waals surface area contributed by atoms with Gasteiger partial charge in [0.25, 0.3) is 0 Å². The van der Waals surface area contributed by atoms with Gasteiger partial charge < -0.3 is 15.5 Å². The molecule has 3 N–H and O–H groups in total. The Bertz CT molecular complexity index is 843. The number of aromatic amines is 1. The molecule has 0 radical (unpaired) electrons. The minimum atomic E-state index is -0.640. The first-order valence-corrected chi connectivity index (χ1v) is 9.53. The van der Waals surface area contributed by atoms with Crippen molar-refractivity contribution >= 4 is 35.0 Å². The Hall–Kier alpha value is -2.55. The van der Waals surface area contributed by atoms with Crippen LogP contribution in [0.25, 0.3) is 0 Å². The smallest absolute Gasteiger partial charge is 0.250 e. The number of hydrogen-bond donors (Lipinski definition) is 3. The van der Waals surface area contributed by atoms with E-state index < -0.39 is 5.54 Å². The summed E-state index contributed by atoms with van der Waals surface area (Å²) in [5.74, 6) is 1.06. The summed E-state index contributed by atoms with van der Waals surface area (Å²) >= 11 is 1.32. The topological polar surface area (TPSA) is 103 Å². The maximum Gasteiger partial charge on any atom is 0.250 e. The van der Waals surface area contributed by atoms with Gasteiger partial charge in [-0.1, -0.05) is 23.9 Å². The number of thioether (sulfide) groups is 1. The first kappa shape index (κ1) is 16.9. The van der Waals surface area contributed by atoms with Crippen molar-refractivity contribution in [2.24, 2.45) is 0 Å². The zero-order valence-corrected chi connectivity index (χ0v) is 15.2. The lowest BCUT2D eigenvalue weighted by Crippen LogP contribution is -2.59. The number of carbonyl (C=O) groups excluding carboxylic acids is 2. The Morgan fingerprint density at radius 3 is 2.69 bits per heavy atom. The number of hydrogen-bond acceptors (Lipinski definition) is 6. The van der Waals surface area contributed by atoms with Gasteiger partial charge in [0.15, 0.2) is 0 Å². The molecule has 1 spiro atoms. The van der Waals surface area contributed by atoms with Crippen LogP contribution in [0.3, 0.4) is 0 Å². The molecule has 3 heterocycles. The molecule has 2 amide bonds. The maximum absolute atomic E-state index is 12.6. The lowest BCUT2D eigenvalue weighted by Gasteiger charge is -2.44. The number of nitrogens with one attached hydrogen (secondary N) is 3. The van der Waals surface area contributed by atoms with Crippen LogP contribution in [0.15, 0.2) is 29.4 Å². The summed E-state index contributed by atoms with van der Waals surface area (Å²) in [7, 11) is 0. The third-order valence-corrected chi connectivity index (χ3v) is 5.69. The fourth-order valence-corrected chi connectivity index (χ4v) is 4.10. The van der Waals surface area contributed by atoms with Crippen LogP contribution in [0.2, 0.25) is 0 Å². The summed E-state index contributed by atoms with van der Waals surface area (Å²) in [6, 6.07) is 7.68. The molecule has 2 aromatic rings. The second-order valence-electron chi connectivity index (χ2n) is 6.58. The molecular formula is C17H20N6O2S. The predicted molar refractivity (Wildman–Crippen MR) is 99.1 cm³/mol. The van der Waals surface area contributed by atoms with Gasteiger partial charge in [-0.15, -0.1) is 5.10 Å². The number of H-pyrrole nitrogens is 1. The van der Waals surface area contributed by atoms with Crippen molar-refractivity contribution in [1.82, 2.24) is 20.1 Å². The molecule has 1 aromatic carbocycles. The fourth-order valence-electron chi connectivity index (χ4n) is 3.35. The highest BCUT2D eigenvalue weighted by atomic mass is 32.2. The van der Waals surface area contributed by atoms with Gasteiger partial charge in [-0.25, -0.2) is 4.98 Å². The van der Waals surface area contributed by atoms with E-state index >= 15 is 0 Å². The maximum atomic E-state index is 12.6. The molecule has 0 unspecified atom stereocenters. The number of para-hydroxylation sites is 2. The SMILES string of the molecule is Cc1nc(SCC(=O)N2CCC3(CC2)Nc2ccccc2NC3=O)n[nH]1. The second kappa shape index (κ2) is 6.64. The molecule has 26 heavy (non-hydrogen) atoms. The molecule has 0 aliphatic carbocycles. The summed E-state index contributed by atoms with van der Waals surface area (Å²) in [5.41, 5.74) is 1.10. The number of nitrogens with zero attached hydrogens (tertiary/aromatic N) is 3. The number of rotatable bonds is 3. The van der Waals surface area contributed by atoms with E-state index in [1.165, 1.54) is 11.8 Å². The highest BCUT2D eigenvalue weighted by Gasteiger charge is 2.44. The van der Waals surface area contributed by atoms with E-state index in [-0.39, 0.29) is 11.8 Å². The minimum absolute atomic E-state index is 0.0196. The van der Waals surface area contributed by atoms with E-state index in [0.717, 1.165) is 17.2 Å². The van der Waals surface area contributed by atoms with Gasteiger partial charge in [-0.3, -0.25) is 14.7 Å². The van der Waals surface area contributed by atoms with E-state index in [0.29, 0.717) is 36.8 Å². The van der Waals surface area contributed by atoms with Crippen LogP contribution in [0.4, 0.5) is 11.4 Å². The van der Waals surface area contributed by atoms with Crippen molar-refractivity contribution in [3.8, 4) is 0 Å². The van der Waals surface area contributed by atoms with Gasteiger partial charge in [0.05, 0.1) is 17.1 Å². The Labute approximate surface area is 155 Å². The lowest BCUT2D eigenvalue weighted by molar-refractivity contribution is -0.132. The Balaban J connectivity index is 1.36. The fraction of sp³-hybridized carbons (Fsp3) is 0.412. The lowest BCUT2D eigenvalue weighted by atomic mass is 9.84. The highest BCUT2D eigenvalue weighted by Crippen LogP contribution is 2.36. The number of likely N-dealkylation sites (tertiary alicyclic amines) is 1. The van der Waals surface area contributed by atoms with Gasteiger partial charge in [-0.2, -0.15) is 0 Å². The summed E-state index contributed by atoms with van der Waals surface area (Å²) in [6.07, 6.45) is 1.17. The molecule has 0 saturated carbocycles. The van der Waals surface area contributed by atoms with Crippen molar-refractivity contribution in [1.29, 1.82) is 0 Å². The average Bonchev–Trinajstić information content (AvgIpc) is 3.07. The number of aromatic nitrogens is 3. The molecule has 1 saturated heterocycles. The van der Waals surface area contributed by atoms with Crippen molar-refractivity contribution < 1.29 is 9.59 Å². The third-order valence-electron chi connectivity index (χ3n) is 4.85. The van der Waals surface area contributed by atoms with Crippen LogP contribution < -0.4 is 10.6 Å². The minimum Gasteiger partial charge on any atom is -0.369 e. The molecule has 0 atom stereocenters. The van der Waals surface area contributed by atoms with Crippen LogP contribution in [0.1, 0.15) is 18.7 Å². The van der Waals surface area contributed by atoms with Gasteiger partial charge in [-0.05, 0) is 31.9 Å². The van der Waals surface area contributed by atoms with Crippen LogP contribution in [-0.4, -0.2) is 56.3 Å². The standard InChI is InChI=1S/C17H20N6O2S/c1-11-18-16(22-21-11)26-10-14(24)23-8-6-17(7-9-23)15(25)19-12-4-2-3-5-13(12)20-17/h2-5,20H,6-10H2,1H3,(H,19,25)(H,18,21,22). The largest absolute Gasteiger partial charge is 0.369 e. The summed E-state index contributed by atoms with van der Waals surface area (Å²) < 4.78 is 0. The summed E-state index contributed by atoms with van der Waals surface area (Å²) in [6.45, 7) is 2.92. The van der Waals surface area contributed by atoms with E-state index in [2.05, 4.69) is 25.8 Å². The predicted octanol–water partition coefficient (Wildman–Crippen LogP) is 1.63. The van der Waals surface area contributed by atoms with Crippen LogP contribution in [-0.2, 0) is 9.59 Å². The van der Waals surface area contributed by atoms with Gasteiger partial charge in [0, 0.05) is 13.1 Å². The summed E-state index contributed by atoms with van der Waals surface area (Å²) in [5, 5.41) is 13.8. The number of piperidine rings is 1. The molecule has 1 aromatic heterocycles. The number of aryl methyl sites for hydroxylation is 1. The quantitative estimate of drug-likeness (QED) is 0.708. The Morgan fingerprint density at radius 2 is 2.00 bits per heavy atom. The Kier molecular flexibility index (Phi) is 4.31. The van der Waals surface area contributed by atoms with Crippen molar-refractivity contribution in [3.63, 3.8) is 0 Å². The molecule has 136 valence electrons. The first-order valence-electron chi connectivity index (χ1n) is 8.54. The normalized spacial score (nSPS) is 18.2. The number of anilines is 2. The number of amides is 2. The van der Waals surface area contributed by atoms with E-state index in [1.54, 1.807) is 0 Å². The number of benzene rings is 1. The molecular weight excluding hydrogens is 352 g/mol. The van der Waals surface area contributed by atoms with Crippen molar-refractivity contribution in [2.45, 2.75) is 30.5 Å². The van der Waals surface area contributed by atoms with Crippen LogP contribution >= 0.6 is 11.8 Å². The molecule has 4 rings (SSSR count). The highest BCUT2D eigenvalue weighted by molar-refractivity contribution is 7.99. The van der Waals surface area contributed by atoms with E-state index in [9.17, 15) is 9.59 Å². The molecule has 8 nitrogen and oxygen atoms in total. The van der Waals surface area contributed by atoms with Gasteiger partial charge >= 0.3 is 0 Å². The monoisotopic (exact) mass is 372 g/mol. The van der Waals surface area contributed by atoms with Crippen LogP contribution in [0, 0.1) is 6.92 Å². The average molecular weight is 372 g/mol. The molecule has 2 aliphatic heterocycles. The van der Waals surface area contributed by atoms with Crippen molar-refractivity contribution in [3.05, 3.63) is 30.1 Å². The molecule has 2 aliphatic rings. The molecule has 0 bridgehead atoms. The molecule has 1 fully saturated rings. The van der Waals surface area contributed by atoms with E-state index in [1.807, 2.05) is 36.1 Å². The number of carbonyl (C=O) groups is 2. The van der Waals surface area contributed by atoms with Crippen molar-refractivity contribution in [2.75, 3.05) is 29.5 Å². The van der Waals surface area contributed by atoms with E-state index in [4.69, 9.17) is 0 Å². The zero-order valence-electron chi connectivity index (χ0n) is 14.4. The second-order valence-corrected chi connectivity index (χ2v) is 7.52. The number of fused-ring (bicyclic) bond motifs is 1.